The number of allylic oxidation sites excluding steroid dienone is 2. The lowest BCUT2D eigenvalue weighted by molar-refractivity contribution is 0.346. The van der Waals surface area contributed by atoms with Crippen molar-refractivity contribution in [2.75, 3.05) is 0 Å². The maximum Gasteiger partial charge on any atom is 0.348 e. The second kappa shape index (κ2) is 2.68. The molecule has 0 unspecified atom stereocenters. The van der Waals surface area contributed by atoms with Gasteiger partial charge in [-0.25, -0.2) is 4.74 Å². The molecule has 0 saturated carbocycles. The SMILES string of the molecule is OP(O)(O)=NC1C=CC=C1. The van der Waals surface area contributed by atoms with E-state index in [1.54, 1.807) is 24.3 Å². The topological polar surface area (TPSA) is 73.0 Å². The molecule has 0 spiro atoms. The third-order valence-corrected chi connectivity index (χ3v) is 1.59. The lowest BCUT2D eigenvalue weighted by atomic mass is 10.4. The number of nitrogens with zero attached hydrogens (tertiary/aromatic N) is 1. The second-order valence-electron chi connectivity index (χ2n) is 1.91. The van der Waals surface area contributed by atoms with Gasteiger partial charge in [-0.15, -0.1) is 0 Å². The Morgan fingerprint density at radius 2 is 1.60 bits per heavy atom. The van der Waals surface area contributed by atoms with Gasteiger partial charge in [-0.2, -0.15) is 0 Å². The molecule has 0 aromatic carbocycles. The van der Waals surface area contributed by atoms with Crippen LogP contribution in [0.2, 0.25) is 0 Å². The molecule has 0 saturated heterocycles. The van der Waals surface area contributed by atoms with Crippen LogP contribution in [0.1, 0.15) is 0 Å². The summed E-state index contributed by atoms with van der Waals surface area (Å²) < 4.78 is 3.31. The molecule has 4 nitrogen and oxygen atoms in total. The van der Waals surface area contributed by atoms with Gasteiger partial charge in [0.05, 0.1) is 6.04 Å². The fourth-order valence-electron chi connectivity index (χ4n) is 0.676. The van der Waals surface area contributed by atoms with Crippen molar-refractivity contribution in [3.8, 4) is 0 Å². The number of hydrogen-bond donors (Lipinski definition) is 3. The van der Waals surface area contributed by atoms with Crippen LogP contribution in [0.15, 0.2) is 29.0 Å². The quantitative estimate of drug-likeness (QED) is 0.487. The van der Waals surface area contributed by atoms with E-state index in [2.05, 4.69) is 4.74 Å². The summed E-state index contributed by atoms with van der Waals surface area (Å²) in [6.07, 6.45) is 6.75. The van der Waals surface area contributed by atoms with Crippen molar-refractivity contribution in [1.29, 1.82) is 0 Å². The molecule has 10 heavy (non-hydrogen) atoms. The smallest absolute Gasteiger partial charge is 0.319 e. The van der Waals surface area contributed by atoms with Crippen molar-refractivity contribution in [3.63, 3.8) is 0 Å². The summed E-state index contributed by atoms with van der Waals surface area (Å²) in [5.74, 6) is 0. The Labute approximate surface area is 58.4 Å². The van der Waals surface area contributed by atoms with E-state index in [1.807, 2.05) is 0 Å². The third kappa shape index (κ3) is 2.45. The van der Waals surface area contributed by atoms with Crippen LogP contribution in [0.25, 0.3) is 0 Å². The Bertz CT molecular complexity index is 207. The number of rotatable bonds is 1. The van der Waals surface area contributed by atoms with Crippen LogP contribution in [0.3, 0.4) is 0 Å². The zero-order chi connectivity index (χ0) is 7.61. The van der Waals surface area contributed by atoms with Crippen LogP contribution in [-0.2, 0) is 0 Å². The summed E-state index contributed by atoms with van der Waals surface area (Å²) in [5.41, 5.74) is 0. The lowest BCUT2D eigenvalue weighted by Crippen LogP contribution is -1.91. The Hall–Kier alpha value is -0.410. The second-order valence-corrected chi connectivity index (χ2v) is 3.22. The molecule has 0 amide bonds. The predicted octanol–water partition coefficient (Wildman–Crippen LogP) is 0.404. The molecule has 0 aromatic heterocycles. The van der Waals surface area contributed by atoms with Crippen LogP contribution < -0.4 is 0 Å². The normalized spacial score (nSPS) is 18.3. The Morgan fingerprint density at radius 1 is 1.10 bits per heavy atom. The Kier molecular flexibility index (Phi) is 2.06. The predicted molar refractivity (Wildman–Crippen MR) is 38.1 cm³/mol. The van der Waals surface area contributed by atoms with E-state index in [4.69, 9.17) is 14.7 Å². The molecule has 0 aromatic rings. The summed E-state index contributed by atoms with van der Waals surface area (Å²) in [4.78, 5) is 25.4. The first-order chi connectivity index (χ1) is 4.58. The first-order valence-corrected chi connectivity index (χ1v) is 4.32. The maximum atomic E-state index is 8.47. The highest BCUT2D eigenvalue weighted by Gasteiger charge is 2.08. The minimum atomic E-state index is -3.94. The molecular formula is C5H8NO3P. The van der Waals surface area contributed by atoms with E-state index >= 15 is 0 Å². The van der Waals surface area contributed by atoms with Crippen LogP contribution in [0.5, 0.6) is 0 Å². The van der Waals surface area contributed by atoms with Gasteiger partial charge in [0.25, 0.3) is 0 Å². The molecule has 0 fully saturated rings. The summed E-state index contributed by atoms with van der Waals surface area (Å²) in [6, 6.07) is -0.381. The molecular weight excluding hydrogens is 153 g/mol. The third-order valence-electron chi connectivity index (χ3n) is 1.02. The highest BCUT2D eigenvalue weighted by molar-refractivity contribution is 7.48. The van der Waals surface area contributed by atoms with Crippen LogP contribution in [-0.4, -0.2) is 20.7 Å². The van der Waals surface area contributed by atoms with Gasteiger partial charge < -0.3 is 14.7 Å². The molecule has 0 bridgehead atoms. The largest absolute Gasteiger partial charge is 0.348 e. The van der Waals surface area contributed by atoms with E-state index in [9.17, 15) is 0 Å². The van der Waals surface area contributed by atoms with Crippen molar-refractivity contribution < 1.29 is 14.7 Å². The van der Waals surface area contributed by atoms with Crippen LogP contribution in [0.4, 0.5) is 0 Å². The molecule has 0 radical (unpaired) electrons. The van der Waals surface area contributed by atoms with Gasteiger partial charge in [0.15, 0.2) is 0 Å². The van der Waals surface area contributed by atoms with Crippen molar-refractivity contribution in [2.45, 2.75) is 6.04 Å². The molecule has 1 aliphatic rings. The highest BCUT2D eigenvalue weighted by Crippen LogP contribution is 2.35. The highest BCUT2D eigenvalue weighted by atomic mass is 31.2. The zero-order valence-corrected chi connectivity index (χ0v) is 6.02. The van der Waals surface area contributed by atoms with Crippen molar-refractivity contribution in [1.82, 2.24) is 0 Å². The van der Waals surface area contributed by atoms with Crippen LogP contribution in [0, 0.1) is 0 Å². The standard InChI is InChI=1S/C5H8NO3P/c7-10(8,9)6-5-3-1-2-4-5/h1-5,7-9H. The first-order valence-electron chi connectivity index (χ1n) is 2.72. The van der Waals surface area contributed by atoms with Gasteiger partial charge in [0.2, 0.25) is 0 Å². The molecule has 1 rings (SSSR count). The van der Waals surface area contributed by atoms with Crippen molar-refractivity contribution in [2.24, 2.45) is 4.74 Å². The Morgan fingerprint density at radius 3 is 2.00 bits per heavy atom. The minimum absolute atomic E-state index is 0.381. The van der Waals surface area contributed by atoms with Gasteiger partial charge in [-0.1, -0.05) is 24.3 Å². The summed E-state index contributed by atoms with van der Waals surface area (Å²) in [7, 11) is -3.94. The van der Waals surface area contributed by atoms with E-state index in [0.29, 0.717) is 0 Å². The summed E-state index contributed by atoms with van der Waals surface area (Å²) >= 11 is 0. The van der Waals surface area contributed by atoms with Gasteiger partial charge >= 0.3 is 7.74 Å². The van der Waals surface area contributed by atoms with E-state index < -0.39 is 7.74 Å². The summed E-state index contributed by atoms with van der Waals surface area (Å²) in [6.45, 7) is 0. The lowest BCUT2D eigenvalue weighted by Gasteiger charge is -2.02. The molecule has 0 heterocycles. The van der Waals surface area contributed by atoms with Crippen LogP contribution >= 0.6 is 7.74 Å². The molecule has 0 atom stereocenters. The van der Waals surface area contributed by atoms with Gasteiger partial charge in [0, 0.05) is 0 Å². The molecule has 3 N–H and O–H groups in total. The Balaban J connectivity index is 2.70. The van der Waals surface area contributed by atoms with Gasteiger partial charge in [-0.3, -0.25) is 0 Å². The average molecular weight is 161 g/mol. The average Bonchev–Trinajstić information content (AvgIpc) is 2.12. The maximum absolute atomic E-state index is 8.47. The fourth-order valence-corrected chi connectivity index (χ4v) is 1.19. The summed E-state index contributed by atoms with van der Waals surface area (Å²) in [5, 5.41) is 0. The van der Waals surface area contributed by atoms with Gasteiger partial charge in [-0.05, 0) is 0 Å². The van der Waals surface area contributed by atoms with E-state index in [1.165, 1.54) is 0 Å². The zero-order valence-electron chi connectivity index (χ0n) is 5.12. The molecule has 1 aliphatic carbocycles. The van der Waals surface area contributed by atoms with Crippen molar-refractivity contribution >= 4 is 7.74 Å². The molecule has 5 heteroatoms. The van der Waals surface area contributed by atoms with E-state index in [0.717, 1.165) is 0 Å². The fraction of sp³-hybridized carbons (Fsp3) is 0.200. The van der Waals surface area contributed by atoms with E-state index in [-0.39, 0.29) is 6.04 Å². The monoisotopic (exact) mass is 161 g/mol. The molecule has 56 valence electrons. The minimum Gasteiger partial charge on any atom is -0.319 e. The van der Waals surface area contributed by atoms with Gasteiger partial charge in [0.1, 0.15) is 0 Å². The first kappa shape index (κ1) is 7.69. The molecule has 0 aliphatic heterocycles. The number of hydrogen-bond acceptors (Lipinski definition) is 1. The van der Waals surface area contributed by atoms with Crippen molar-refractivity contribution in [3.05, 3.63) is 24.3 Å².